The second kappa shape index (κ2) is 8.71. The molecule has 2 amide bonds. The molecule has 0 spiro atoms. The topological polar surface area (TPSA) is 45.7 Å². The Hall–Kier alpha value is -2.86. The van der Waals surface area contributed by atoms with Gasteiger partial charge in [0.05, 0.1) is 13.1 Å². The van der Waals surface area contributed by atoms with E-state index >= 15 is 0 Å². The van der Waals surface area contributed by atoms with Crippen molar-refractivity contribution in [2.24, 2.45) is 5.92 Å². The van der Waals surface area contributed by atoms with Crippen LogP contribution >= 0.6 is 11.3 Å². The molecule has 3 heterocycles. The van der Waals surface area contributed by atoms with Gasteiger partial charge in [-0.1, -0.05) is 37.3 Å². The van der Waals surface area contributed by atoms with Crippen molar-refractivity contribution in [3.05, 3.63) is 59.6 Å². The van der Waals surface area contributed by atoms with Gasteiger partial charge in [-0.05, 0) is 42.0 Å². The fraction of sp³-hybridized carbons (Fsp3) is 0.360. The molecule has 2 aliphatic rings. The molecule has 3 aromatic rings. The van der Waals surface area contributed by atoms with Crippen LogP contribution in [0.15, 0.2) is 54.0 Å². The number of hydrogen-bond donors (Lipinski definition) is 0. The first kappa shape index (κ1) is 20.1. The maximum absolute atomic E-state index is 13.1. The first-order valence-corrected chi connectivity index (χ1v) is 11.9. The molecule has 0 aliphatic carbocycles. The van der Waals surface area contributed by atoms with Gasteiger partial charge in [0.1, 0.15) is 17.4 Å². The largest absolute Gasteiger partial charge is 0.491 e. The summed E-state index contributed by atoms with van der Waals surface area (Å²) in [5, 5.41) is 3.02. The number of likely N-dealkylation sites (tertiary alicyclic amines) is 1. The van der Waals surface area contributed by atoms with Crippen molar-refractivity contribution >= 4 is 17.4 Å². The highest BCUT2D eigenvalue weighted by atomic mass is 32.1. The molecule has 6 heteroatoms. The van der Waals surface area contributed by atoms with Crippen LogP contribution in [0.5, 0.6) is 5.75 Å². The van der Waals surface area contributed by atoms with E-state index in [1.807, 2.05) is 27.4 Å². The number of rotatable bonds is 2. The Bertz CT molecular complexity index is 1040. The third kappa shape index (κ3) is 4.30. The Labute approximate surface area is 187 Å². The molecular formula is C25H27N3O2S. The van der Waals surface area contributed by atoms with Crippen molar-refractivity contribution in [2.75, 3.05) is 26.2 Å². The number of aromatic nitrogens is 1. The monoisotopic (exact) mass is 433 g/mol. The lowest BCUT2D eigenvalue weighted by atomic mass is 9.99. The first-order chi connectivity index (χ1) is 15.2. The highest BCUT2D eigenvalue weighted by Crippen LogP contribution is 2.31. The molecule has 0 radical (unpaired) electrons. The maximum atomic E-state index is 13.1. The molecule has 1 saturated heterocycles. The van der Waals surface area contributed by atoms with E-state index in [1.165, 1.54) is 0 Å². The molecule has 0 bridgehead atoms. The van der Waals surface area contributed by atoms with E-state index in [0.717, 1.165) is 58.9 Å². The van der Waals surface area contributed by atoms with Gasteiger partial charge >= 0.3 is 6.03 Å². The van der Waals surface area contributed by atoms with Crippen LogP contribution in [-0.2, 0) is 6.54 Å². The number of ether oxygens (including phenoxy) is 1. The number of amides is 2. The summed E-state index contributed by atoms with van der Waals surface area (Å²) >= 11 is 1.64. The normalized spacial score (nSPS) is 17.1. The molecule has 5 rings (SSSR count). The molecule has 2 aliphatic heterocycles. The van der Waals surface area contributed by atoms with Gasteiger partial charge in [-0.15, -0.1) is 11.3 Å². The number of thiazole rings is 1. The van der Waals surface area contributed by atoms with E-state index in [2.05, 4.69) is 48.3 Å². The van der Waals surface area contributed by atoms with Gasteiger partial charge < -0.3 is 14.5 Å². The molecular weight excluding hydrogens is 406 g/mol. The van der Waals surface area contributed by atoms with Crippen molar-refractivity contribution in [1.29, 1.82) is 0 Å². The van der Waals surface area contributed by atoms with E-state index in [1.54, 1.807) is 11.3 Å². The Morgan fingerprint density at radius 2 is 1.74 bits per heavy atom. The number of hydrogen-bond acceptors (Lipinski definition) is 4. The highest BCUT2D eigenvalue weighted by Gasteiger charge is 2.27. The van der Waals surface area contributed by atoms with Gasteiger partial charge in [-0.2, -0.15) is 0 Å². The number of piperidine rings is 1. The van der Waals surface area contributed by atoms with Gasteiger partial charge in [0.25, 0.3) is 0 Å². The summed E-state index contributed by atoms with van der Waals surface area (Å²) < 4.78 is 5.97. The van der Waals surface area contributed by atoms with E-state index < -0.39 is 0 Å². The average molecular weight is 434 g/mol. The smallest absolute Gasteiger partial charge is 0.320 e. The summed E-state index contributed by atoms with van der Waals surface area (Å²) in [6.45, 7) is 5.72. The number of urea groups is 1. The lowest BCUT2D eigenvalue weighted by Gasteiger charge is -2.34. The van der Waals surface area contributed by atoms with Crippen LogP contribution in [0, 0.1) is 5.92 Å². The van der Waals surface area contributed by atoms with Crippen molar-refractivity contribution in [2.45, 2.75) is 26.3 Å². The van der Waals surface area contributed by atoms with E-state index in [0.29, 0.717) is 25.6 Å². The summed E-state index contributed by atoms with van der Waals surface area (Å²) in [7, 11) is 0. The zero-order chi connectivity index (χ0) is 21.2. The zero-order valence-corrected chi connectivity index (χ0v) is 18.6. The predicted octanol–water partition coefficient (Wildman–Crippen LogP) is 5.52. The van der Waals surface area contributed by atoms with Crippen LogP contribution in [0.1, 0.15) is 25.3 Å². The minimum Gasteiger partial charge on any atom is -0.491 e. The fourth-order valence-corrected chi connectivity index (χ4v) is 4.95. The van der Waals surface area contributed by atoms with Crippen molar-refractivity contribution in [3.63, 3.8) is 0 Å². The van der Waals surface area contributed by atoms with Crippen molar-refractivity contribution in [3.8, 4) is 27.4 Å². The van der Waals surface area contributed by atoms with Gasteiger partial charge in [0.15, 0.2) is 0 Å². The Kier molecular flexibility index (Phi) is 5.64. The minimum atomic E-state index is 0.140. The fourth-order valence-electron chi connectivity index (χ4n) is 4.31. The third-order valence-electron chi connectivity index (χ3n) is 6.26. The molecule has 1 fully saturated rings. The Morgan fingerprint density at radius 3 is 2.48 bits per heavy atom. The summed E-state index contributed by atoms with van der Waals surface area (Å²) in [6.07, 6.45) is 4.01. The Balaban J connectivity index is 1.35. The minimum absolute atomic E-state index is 0.140. The van der Waals surface area contributed by atoms with Gasteiger partial charge in [-0.25, -0.2) is 9.78 Å². The quantitative estimate of drug-likeness (QED) is 0.534. The standard InChI is InChI=1S/C25H27N3O2S/c1-18-8-11-27(12-9-18)25(29)28-13-14-30-23-7-6-21(16-22(23)17-28)19-2-4-20(5-3-19)24-26-10-15-31-24/h2-7,10,15-16,18H,8-9,11-14,17H2,1H3. The number of fused-ring (bicyclic) bond motifs is 1. The average Bonchev–Trinajstić information content (AvgIpc) is 3.26. The number of nitrogens with zero attached hydrogens (tertiary/aromatic N) is 3. The number of carbonyl (C=O) groups excluding carboxylic acids is 1. The number of carbonyl (C=O) groups is 1. The van der Waals surface area contributed by atoms with Crippen LogP contribution < -0.4 is 4.74 Å². The molecule has 0 unspecified atom stereocenters. The molecule has 0 N–H and O–H groups in total. The molecule has 0 atom stereocenters. The summed E-state index contributed by atoms with van der Waals surface area (Å²) in [6, 6.07) is 14.9. The van der Waals surface area contributed by atoms with E-state index in [9.17, 15) is 4.79 Å². The SMILES string of the molecule is CC1CCN(C(=O)N2CCOc3ccc(-c4ccc(-c5nccs5)cc4)cc3C2)CC1. The summed E-state index contributed by atoms with van der Waals surface area (Å²) in [5.74, 6) is 1.59. The second-order valence-corrected chi connectivity index (χ2v) is 9.35. The second-order valence-electron chi connectivity index (χ2n) is 8.46. The summed E-state index contributed by atoms with van der Waals surface area (Å²) in [4.78, 5) is 21.5. The van der Waals surface area contributed by atoms with Crippen LogP contribution in [0.3, 0.4) is 0 Å². The summed E-state index contributed by atoms with van der Waals surface area (Å²) in [5.41, 5.74) is 4.48. The van der Waals surface area contributed by atoms with Gasteiger partial charge in [-0.3, -0.25) is 0 Å². The van der Waals surface area contributed by atoms with E-state index in [4.69, 9.17) is 4.74 Å². The van der Waals surface area contributed by atoms with Crippen LogP contribution in [0.25, 0.3) is 21.7 Å². The Morgan fingerprint density at radius 1 is 1.00 bits per heavy atom. The van der Waals surface area contributed by atoms with Crippen LogP contribution in [-0.4, -0.2) is 47.1 Å². The molecule has 31 heavy (non-hydrogen) atoms. The predicted molar refractivity (Wildman–Crippen MR) is 124 cm³/mol. The van der Waals surface area contributed by atoms with E-state index in [-0.39, 0.29) is 6.03 Å². The van der Waals surface area contributed by atoms with Crippen LogP contribution in [0.2, 0.25) is 0 Å². The molecule has 0 saturated carbocycles. The molecule has 5 nitrogen and oxygen atoms in total. The van der Waals surface area contributed by atoms with Crippen molar-refractivity contribution < 1.29 is 9.53 Å². The molecule has 2 aromatic carbocycles. The van der Waals surface area contributed by atoms with Crippen molar-refractivity contribution in [1.82, 2.24) is 14.8 Å². The maximum Gasteiger partial charge on any atom is 0.320 e. The molecule has 1 aromatic heterocycles. The zero-order valence-electron chi connectivity index (χ0n) is 17.8. The lowest BCUT2D eigenvalue weighted by molar-refractivity contribution is 0.129. The van der Waals surface area contributed by atoms with Gasteiger partial charge in [0.2, 0.25) is 0 Å². The first-order valence-electron chi connectivity index (χ1n) is 11.0. The van der Waals surface area contributed by atoms with Crippen LogP contribution in [0.4, 0.5) is 4.79 Å². The highest BCUT2D eigenvalue weighted by molar-refractivity contribution is 7.13. The molecule has 160 valence electrons. The number of benzene rings is 2. The van der Waals surface area contributed by atoms with Gasteiger partial charge in [0, 0.05) is 35.8 Å². The lowest BCUT2D eigenvalue weighted by Crippen LogP contribution is -2.46. The third-order valence-corrected chi connectivity index (χ3v) is 7.08.